The quantitative estimate of drug-likeness (QED) is 0.311. The van der Waals surface area contributed by atoms with Crippen molar-refractivity contribution in [2.24, 2.45) is 10.9 Å². The Balaban J connectivity index is 2.79. The summed E-state index contributed by atoms with van der Waals surface area (Å²) in [5.74, 6) is -0.191. The predicted octanol–water partition coefficient (Wildman–Crippen LogP) is 0.780. The topological polar surface area (TPSA) is 104 Å². The highest BCUT2D eigenvalue weighted by Crippen LogP contribution is 2.14. The molecule has 1 aromatic carbocycles. The lowest BCUT2D eigenvalue weighted by molar-refractivity contribution is 0.318. The number of nitrogens with one attached hydrogen (secondary N) is 1. The molecule has 0 aliphatic carbocycles. The van der Waals surface area contributed by atoms with Crippen molar-refractivity contribution < 1.29 is 5.21 Å². The van der Waals surface area contributed by atoms with Gasteiger partial charge in [-0.05, 0) is 18.2 Å². The SMILES string of the molecule is N/C(=N\O)c1nc2ccc(Br)cc2c(=O)[nH]1. The Morgan fingerprint density at radius 2 is 2.31 bits per heavy atom. The van der Waals surface area contributed by atoms with Crippen LogP contribution in [0.25, 0.3) is 10.9 Å². The number of hydrogen-bond donors (Lipinski definition) is 3. The lowest BCUT2D eigenvalue weighted by Gasteiger charge is -2.01. The summed E-state index contributed by atoms with van der Waals surface area (Å²) in [4.78, 5) is 18.1. The van der Waals surface area contributed by atoms with Crippen molar-refractivity contribution in [3.8, 4) is 0 Å². The molecule has 1 aromatic heterocycles. The summed E-state index contributed by atoms with van der Waals surface area (Å²) in [6, 6.07) is 5.07. The molecule has 0 atom stereocenters. The number of H-pyrrole nitrogens is 1. The molecule has 0 spiro atoms. The third-order valence-electron chi connectivity index (χ3n) is 2.02. The molecule has 6 nitrogen and oxygen atoms in total. The molecule has 2 rings (SSSR count). The smallest absolute Gasteiger partial charge is 0.259 e. The highest BCUT2D eigenvalue weighted by atomic mass is 79.9. The number of aromatic amines is 1. The number of oxime groups is 1. The number of aromatic nitrogens is 2. The van der Waals surface area contributed by atoms with Gasteiger partial charge < -0.3 is 15.9 Å². The summed E-state index contributed by atoms with van der Waals surface area (Å²) in [5, 5.41) is 11.7. The van der Waals surface area contributed by atoms with Crippen LogP contribution in [0.5, 0.6) is 0 Å². The predicted molar refractivity (Wildman–Crippen MR) is 62.6 cm³/mol. The molecule has 7 heteroatoms. The van der Waals surface area contributed by atoms with Crippen molar-refractivity contribution >= 4 is 32.7 Å². The highest BCUT2D eigenvalue weighted by Gasteiger charge is 2.07. The molecule has 0 amide bonds. The largest absolute Gasteiger partial charge is 0.409 e. The first-order chi connectivity index (χ1) is 7.61. The number of hydrogen-bond acceptors (Lipinski definition) is 4. The van der Waals surface area contributed by atoms with Gasteiger partial charge in [0.2, 0.25) is 5.84 Å². The molecule has 0 fully saturated rings. The van der Waals surface area contributed by atoms with Crippen LogP contribution in [0.15, 0.2) is 32.6 Å². The van der Waals surface area contributed by atoms with E-state index in [2.05, 4.69) is 31.1 Å². The van der Waals surface area contributed by atoms with Crippen LogP contribution in [0.4, 0.5) is 0 Å². The van der Waals surface area contributed by atoms with Crippen LogP contribution >= 0.6 is 15.9 Å². The number of amidine groups is 1. The fraction of sp³-hybridized carbons (Fsp3) is 0. The van der Waals surface area contributed by atoms with Crippen LogP contribution in [0, 0.1) is 0 Å². The van der Waals surface area contributed by atoms with Gasteiger partial charge in [-0.3, -0.25) is 4.79 Å². The summed E-state index contributed by atoms with van der Waals surface area (Å²) >= 11 is 3.26. The Morgan fingerprint density at radius 3 is 3.00 bits per heavy atom. The Bertz CT molecular complexity index is 635. The van der Waals surface area contributed by atoms with Crippen LogP contribution in [0.3, 0.4) is 0 Å². The van der Waals surface area contributed by atoms with E-state index in [0.29, 0.717) is 10.9 Å². The van der Waals surface area contributed by atoms with Crippen molar-refractivity contribution in [1.29, 1.82) is 0 Å². The molecule has 16 heavy (non-hydrogen) atoms. The first kappa shape index (κ1) is 10.6. The van der Waals surface area contributed by atoms with Gasteiger partial charge in [0.1, 0.15) is 0 Å². The van der Waals surface area contributed by atoms with E-state index < -0.39 is 0 Å². The third kappa shape index (κ3) is 1.76. The molecule has 1 heterocycles. The second-order valence-electron chi connectivity index (χ2n) is 3.06. The van der Waals surface area contributed by atoms with Gasteiger partial charge in [-0.2, -0.15) is 0 Å². The van der Waals surface area contributed by atoms with Gasteiger partial charge in [-0.1, -0.05) is 21.1 Å². The van der Waals surface area contributed by atoms with Gasteiger partial charge in [0, 0.05) is 4.47 Å². The van der Waals surface area contributed by atoms with E-state index in [-0.39, 0.29) is 17.2 Å². The lowest BCUT2D eigenvalue weighted by atomic mass is 10.2. The third-order valence-corrected chi connectivity index (χ3v) is 2.51. The maximum Gasteiger partial charge on any atom is 0.259 e. The zero-order chi connectivity index (χ0) is 11.7. The molecule has 0 saturated heterocycles. The van der Waals surface area contributed by atoms with Gasteiger partial charge in [0.25, 0.3) is 5.56 Å². The van der Waals surface area contributed by atoms with Gasteiger partial charge in [-0.15, -0.1) is 0 Å². The van der Waals surface area contributed by atoms with Gasteiger partial charge in [-0.25, -0.2) is 4.98 Å². The zero-order valence-electron chi connectivity index (χ0n) is 7.94. The van der Waals surface area contributed by atoms with Crippen molar-refractivity contribution in [3.05, 3.63) is 38.9 Å². The molecule has 2 aromatic rings. The van der Waals surface area contributed by atoms with Gasteiger partial charge in [0.15, 0.2) is 5.82 Å². The van der Waals surface area contributed by atoms with E-state index >= 15 is 0 Å². The van der Waals surface area contributed by atoms with Crippen LogP contribution in [-0.2, 0) is 0 Å². The number of nitrogens with two attached hydrogens (primary N) is 1. The summed E-state index contributed by atoms with van der Waals surface area (Å²) in [5.41, 5.74) is 5.48. The molecular weight excluding hydrogens is 276 g/mol. The highest BCUT2D eigenvalue weighted by molar-refractivity contribution is 9.10. The van der Waals surface area contributed by atoms with E-state index in [9.17, 15) is 4.79 Å². The Morgan fingerprint density at radius 1 is 1.56 bits per heavy atom. The van der Waals surface area contributed by atoms with E-state index in [1.54, 1.807) is 18.2 Å². The van der Waals surface area contributed by atoms with Crippen LogP contribution in [0.2, 0.25) is 0 Å². The van der Waals surface area contributed by atoms with Crippen molar-refractivity contribution in [2.75, 3.05) is 0 Å². The van der Waals surface area contributed by atoms with Crippen LogP contribution < -0.4 is 11.3 Å². The average molecular weight is 283 g/mol. The number of rotatable bonds is 1. The number of nitrogens with zero attached hydrogens (tertiary/aromatic N) is 2. The average Bonchev–Trinajstić information content (AvgIpc) is 2.28. The standard InChI is InChI=1S/C9H7BrN4O2/c10-4-1-2-6-5(3-4)9(15)13-8(12-6)7(11)14-16/h1-3,16H,(H2,11,14)(H,12,13,15). The molecular formula is C9H7BrN4O2. The Labute approximate surface area is 97.9 Å². The molecule has 82 valence electrons. The van der Waals surface area contributed by atoms with Crippen molar-refractivity contribution in [3.63, 3.8) is 0 Å². The second-order valence-corrected chi connectivity index (χ2v) is 3.98. The number of halogens is 1. The Kier molecular flexibility index (Phi) is 2.61. The molecule has 0 saturated carbocycles. The summed E-state index contributed by atoms with van der Waals surface area (Å²) < 4.78 is 0.781. The second kappa shape index (κ2) is 3.93. The minimum absolute atomic E-state index is 0.0438. The van der Waals surface area contributed by atoms with Crippen molar-refractivity contribution in [1.82, 2.24) is 9.97 Å². The number of fused-ring (bicyclic) bond motifs is 1. The minimum atomic E-state index is -0.340. The van der Waals surface area contributed by atoms with Crippen molar-refractivity contribution in [2.45, 2.75) is 0 Å². The molecule has 0 radical (unpaired) electrons. The molecule has 0 unspecified atom stereocenters. The van der Waals surface area contributed by atoms with Gasteiger partial charge >= 0.3 is 0 Å². The summed E-state index contributed by atoms with van der Waals surface area (Å²) in [6.45, 7) is 0. The fourth-order valence-electron chi connectivity index (χ4n) is 1.28. The molecule has 4 N–H and O–H groups in total. The summed E-state index contributed by atoms with van der Waals surface area (Å²) in [7, 11) is 0. The van der Waals surface area contributed by atoms with Crippen LogP contribution in [-0.4, -0.2) is 21.0 Å². The van der Waals surface area contributed by atoms with E-state index in [1.807, 2.05) is 0 Å². The zero-order valence-corrected chi connectivity index (χ0v) is 9.52. The van der Waals surface area contributed by atoms with E-state index in [1.165, 1.54) is 0 Å². The first-order valence-corrected chi connectivity index (χ1v) is 5.08. The monoisotopic (exact) mass is 282 g/mol. The lowest BCUT2D eigenvalue weighted by Crippen LogP contribution is -2.22. The van der Waals surface area contributed by atoms with E-state index in [4.69, 9.17) is 10.9 Å². The number of benzene rings is 1. The fourth-order valence-corrected chi connectivity index (χ4v) is 1.64. The van der Waals surface area contributed by atoms with Gasteiger partial charge in [0.05, 0.1) is 10.9 Å². The maximum absolute atomic E-state index is 11.7. The normalized spacial score (nSPS) is 11.9. The van der Waals surface area contributed by atoms with E-state index in [0.717, 1.165) is 4.47 Å². The minimum Gasteiger partial charge on any atom is -0.409 e. The summed E-state index contributed by atoms with van der Waals surface area (Å²) in [6.07, 6.45) is 0. The first-order valence-electron chi connectivity index (χ1n) is 4.29. The maximum atomic E-state index is 11.7. The molecule has 0 aliphatic heterocycles. The Hall–Kier alpha value is -1.89. The molecule has 0 bridgehead atoms. The molecule has 0 aliphatic rings. The van der Waals surface area contributed by atoms with Crippen LogP contribution in [0.1, 0.15) is 5.82 Å².